The third-order valence-electron chi connectivity index (χ3n) is 1.95. The Hall–Kier alpha value is -0.210. The molecule has 1 rings (SSSR count). The minimum Gasteiger partial charge on any atom is -0.379 e. The molecule has 12 heavy (non-hydrogen) atoms. The van der Waals surface area contributed by atoms with E-state index < -0.39 is 0 Å². The number of thioether (sulfide) groups is 1. The summed E-state index contributed by atoms with van der Waals surface area (Å²) in [7, 11) is 0. The first kappa shape index (κ1) is 11.8. The van der Waals surface area contributed by atoms with Crippen LogP contribution in [0.4, 0.5) is 0 Å². The van der Waals surface area contributed by atoms with E-state index in [1.54, 1.807) is 0 Å². The van der Waals surface area contributed by atoms with Crippen molar-refractivity contribution in [2.45, 2.75) is 19.3 Å². The predicted molar refractivity (Wildman–Crippen MR) is 56.6 cm³/mol. The van der Waals surface area contributed by atoms with Gasteiger partial charge < -0.3 is 5.73 Å². The minimum atomic E-state index is 0. The lowest BCUT2D eigenvalue weighted by molar-refractivity contribution is 0.605. The lowest BCUT2D eigenvalue weighted by Gasteiger charge is -2.07. The van der Waals surface area contributed by atoms with E-state index in [4.69, 9.17) is 16.4 Å². The van der Waals surface area contributed by atoms with Gasteiger partial charge in [-0.05, 0) is 18.3 Å². The number of hydrogen-bond donors (Lipinski definition) is 2. The topological polar surface area (TPSA) is 73.7 Å². The van der Waals surface area contributed by atoms with E-state index in [-0.39, 0.29) is 27.6 Å². The van der Waals surface area contributed by atoms with Gasteiger partial charge in [0.25, 0.3) is 0 Å². The highest BCUT2D eigenvalue weighted by molar-refractivity contribution is 8.93. The number of nitrogens with one attached hydrogen (secondary N) is 1. The second-order valence-electron chi connectivity index (χ2n) is 2.99. The molecule has 3 nitrogen and oxygen atoms in total. The molecule has 0 aromatic rings. The van der Waals surface area contributed by atoms with E-state index in [0.29, 0.717) is 6.42 Å². The number of rotatable bonds is 3. The summed E-state index contributed by atoms with van der Waals surface area (Å²) in [4.78, 5) is 0. The zero-order chi connectivity index (χ0) is 8.32. The van der Waals surface area contributed by atoms with Crippen LogP contribution in [0.25, 0.3) is 0 Å². The highest BCUT2D eigenvalue weighted by Gasteiger charge is 2.42. The average Bonchev–Trinajstić information content (AvgIpc) is 2.67. The fourth-order valence-electron chi connectivity index (χ4n) is 0.947. The Bertz CT molecular complexity index is 207. The van der Waals surface area contributed by atoms with Crippen molar-refractivity contribution in [3.05, 3.63) is 0 Å². The summed E-state index contributed by atoms with van der Waals surface area (Å²) in [5.41, 5.74) is 5.40. The normalized spacial score (nSPS) is 17.2. The van der Waals surface area contributed by atoms with E-state index >= 15 is 0 Å². The summed E-state index contributed by atoms with van der Waals surface area (Å²) in [6, 6.07) is 2.17. The zero-order valence-corrected chi connectivity index (χ0v) is 9.20. The quantitative estimate of drug-likeness (QED) is 0.593. The molecule has 1 fully saturated rings. The molecule has 1 saturated carbocycles. The highest BCUT2D eigenvalue weighted by Crippen LogP contribution is 2.50. The van der Waals surface area contributed by atoms with Crippen molar-refractivity contribution in [2.24, 2.45) is 11.1 Å². The lowest BCUT2D eigenvalue weighted by Crippen LogP contribution is -2.10. The Morgan fingerprint density at radius 1 is 1.67 bits per heavy atom. The van der Waals surface area contributed by atoms with Crippen LogP contribution < -0.4 is 5.73 Å². The molecule has 0 aliphatic heterocycles. The van der Waals surface area contributed by atoms with Crippen molar-refractivity contribution in [3.63, 3.8) is 0 Å². The number of nitriles is 1. The van der Waals surface area contributed by atoms with Crippen LogP contribution in [0.15, 0.2) is 0 Å². The summed E-state index contributed by atoms with van der Waals surface area (Å²) in [6.45, 7) is 0. The average molecular weight is 250 g/mol. The van der Waals surface area contributed by atoms with Crippen LogP contribution in [0.3, 0.4) is 0 Å². The first-order valence-corrected chi connectivity index (χ1v) is 4.51. The van der Waals surface area contributed by atoms with Gasteiger partial charge in [-0.2, -0.15) is 5.26 Å². The van der Waals surface area contributed by atoms with Crippen molar-refractivity contribution in [1.82, 2.24) is 0 Å². The molecule has 0 unspecified atom stereocenters. The molecule has 68 valence electrons. The second-order valence-corrected chi connectivity index (χ2v) is 4.00. The molecule has 0 radical (unpaired) electrons. The Kier molecular flexibility index (Phi) is 4.64. The van der Waals surface area contributed by atoms with Crippen molar-refractivity contribution < 1.29 is 0 Å². The summed E-state index contributed by atoms with van der Waals surface area (Å²) in [6.07, 6.45) is 2.87. The van der Waals surface area contributed by atoms with Gasteiger partial charge in [-0.25, -0.2) is 0 Å². The van der Waals surface area contributed by atoms with Crippen molar-refractivity contribution in [3.8, 4) is 6.07 Å². The summed E-state index contributed by atoms with van der Waals surface area (Å²) < 4.78 is 0. The monoisotopic (exact) mass is 249 g/mol. The molecule has 0 aromatic carbocycles. The Morgan fingerprint density at radius 2 is 2.25 bits per heavy atom. The smallest absolute Gasteiger partial charge is 0.151 e. The van der Waals surface area contributed by atoms with E-state index in [9.17, 15) is 0 Å². The standard InChI is InChI=1S/C7H11N3S.BrH/c8-4-3-7(1-2-7)5-11-6(9)10;/h1-3,5H2,(H3,9,10);1H. The molecule has 0 bridgehead atoms. The van der Waals surface area contributed by atoms with Crippen LogP contribution in [0, 0.1) is 22.2 Å². The van der Waals surface area contributed by atoms with Crippen molar-refractivity contribution >= 4 is 33.9 Å². The minimum absolute atomic E-state index is 0. The number of halogens is 1. The van der Waals surface area contributed by atoms with Gasteiger partial charge in [0.15, 0.2) is 5.17 Å². The maximum atomic E-state index is 8.46. The van der Waals surface area contributed by atoms with Gasteiger partial charge in [0.1, 0.15) is 0 Å². The van der Waals surface area contributed by atoms with Gasteiger partial charge in [-0.3, -0.25) is 5.41 Å². The molecule has 1 aliphatic carbocycles. The first-order chi connectivity index (χ1) is 5.18. The molecule has 0 amide bonds. The third kappa shape index (κ3) is 3.46. The number of nitrogens with zero attached hydrogens (tertiary/aromatic N) is 1. The second kappa shape index (κ2) is 4.73. The SMILES string of the molecule is Br.N#CCC1(CSC(=N)N)CC1. The Morgan fingerprint density at radius 3 is 2.58 bits per heavy atom. The van der Waals surface area contributed by atoms with Gasteiger partial charge in [-0.1, -0.05) is 11.8 Å². The van der Waals surface area contributed by atoms with Crippen LogP contribution in [0.5, 0.6) is 0 Å². The molecule has 3 N–H and O–H groups in total. The molecular formula is C7H12BrN3S. The van der Waals surface area contributed by atoms with Crippen molar-refractivity contribution in [1.29, 1.82) is 10.7 Å². The molecule has 0 aromatic heterocycles. The Labute approximate surface area is 87.0 Å². The van der Waals surface area contributed by atoms with Crippen LogP contribution >= 0.6 is 28.7 Å². The molecule has 0 spiro atoms. The van der Waals surface area contributed by atoms with E-state index in [2.05, 4.69) is 6.07 Å². The lowest BCUT2D eigenvalue weighted by atomic mass is 10.1. The van der Waals surface area contributed by atoms with Gasteiger partial charge in [0.2, 0.25) is 0 Å². The van der Waals surface area contributed by atoms with Gasteiger partial charge in [0, 0.05) is 12.2 Å². The molecular weight excluding hydrogens is 238 g/mol. The predicted octanol–water partition coefficient (Wildman–Crippen LogP) is 1.88. The maximum absolute atomic E-state index is 8.46. The zero-order valence-electron chi connectivity index (χ0n) is 6.67. The fourth-order valence-corrected chi connectivity index (χ4v) is 1.80. The van der Waals surface area contributed by atoms with Crippen LogP contribution in [-0.4, -0.2) is 10.9 Å². The first-order valence-electron chi connectivity index (χ1n) is 3.52. The molecule has 0 heterocycles. The molecule has 5 heteroatoms. The van der Waals surface area contributed by atoms with Gasteiger partial charge >= 0.3 is 0 Å². The van der Waals surface area contributed by atoms with Gasteiger partial charge in [-0.15, -0.1) is 17.0 Å². The van der Waals surface area contributed by atoms with Gasteiger partial charge in [0.05, 0.1) is 6.07 Å². The number of nitrogens with two attached hydrogens (primary N) is 1. The fraction of sp³-hybridized carbons (Fsp3) is 0.714. The van der Waals surface area contributed by atoms with E-state index in [1.807, 2.05) is 0 Å². The van der Waals surface area contributed by atoms with Crippen LogP contribution in [0.1, 0.15) is 19.3 Å². The number of amidine groups is 1. The Balaban J connectivity index is 0.00000121. The van der Waals surface area contributed by atoms with E-state index in [0.717, 1.165) is 18.6 Å². The summed E-state index contributed by atoms with van der Waals surface area (Å²) in [5, 5.41) is 15.6. The van der Waals surface area contributed by atoms with Crippen LogP contribution in [-0.2, 0) is 0 Å². The third-order valence-corrected chi connectivity index (χ3v) is 3.01. The summed E-state index contributed by atoms with van der Waals surface area (Å²) in [5.74, 6) is 0.843. The summed E-state index contributed by atoms with van der Waals surface area (Å²) >= 11 is 1.35. The van der Waals surface area contributed by atoms with Crippen molar-refractivity contribution in [2.75, 3.05) is 5.75 Å². The van der Waals surface area contributed by atoms with Crippen LogP contribution in [0.2, 0.25) is 0 Å². The van der Waals surface area contributed by atoms with E-state index in [1.165, 1.54) is 11.8 Å². The largest absolute Gasteiger partial charge is 0.379 e. The highest BCUT2D eigenvalue weighted by atomic mass is 79.9. The maximum Gasteiger partial charge on any atom is 0.151 e. The molecule has 0 atom stereocenters. The molecule has 1 aliphatic rings. The molecule has 0 saturated heterocycles. The number of hydrogen-bond acceptors (Lipinski definition) is 3.